The number of carbonyl (C=O) groups is 2. The van der Waals surface area contributed by atoms with Crippen LogP contribution in [0.3, 0.4) is 0 Å². The lowest BCUT2D eigenvalue weighted by Gasteiger charge is -2.10. The van der Waals surface area contributed by atoms with Crippen LogP contribution in [0.1, 0.15) is 21.5 Å². The first kappa shape index (κ1) is 19.6. The molecule has 28 heavy (non-hydrogen) atoms. The van der Waals surface area contributed by atoms with E-state index in [4.69, 9.17) is 16.7 Å². The van der Waals surface area contributed by atoms with Crippen molar-refractivity contribution < 1.29 is 19.8 Å². The molecule has 0 spiro atoms. The van der Waals surface area contributed by atoms with Crippen molar-refractivity contribution in [2.75, 3.05) is 5.32 Å². The van der Waals surface area contributed by atoms with Crippen molar-refractivity contribution in [2.24, 2.45) is 0 Å². The standard InChI is InChI=1S/C22H18ClNO4/c23-18-8-9-19(22(27)28)20(12-18)24-21(26)11-15-2-1-3-17(10-15)16-6-4-14(13-25)5-7-16/h1-10,12,25H,11,13H2,(H,24,26)(H,27,28). The fourth-order valence-corrected chi connectivity index (χ4v) is 3.02. The van der Waals surface area contributed by atoms with E-state index in [1.165, 1.54) is 18.2 Å². The number of anilines is 1. The Labute approximate surface area is 167 Å². The Balaban J connectivity index is 1.76. The molecule has 0 fully saturated rings. The summed E-state index contributed by atoms with van der Waals surface area (Å²) >= 11 is 5.92. The molecule has 3 N–H and O–H groups in total. The summed E-state index contributed by atoms with van der Waals surface area (Å²) in [6.07, 6.45) is 0.0914. The second kappa shape index (κ2) is 8.69. The smallest absolute Gasteiger partial charge is 0.337 e. The van der Waals surface area contributed by atoms with Crippen LogP contribution in [-0.2, 0) is 17.8 Å². The predicted octanol–water partition coefficient (Wildman–Crippen LogP) is 4.38. The van der Waals surface area contributed by atoms with Crippen molar-refractivity contribution in [3.63, 3.8) is 0 Å². The van der Waals surface area contributed by atoms with Crippen molar-refractivity contribution in [3.8, 4) is 11.1 Å². The van der Waals surface area contributed by atoms with Gasteiger partial charge in [-0.2, -0.15) is 0 Å². The first-order chi connectivity index (χ1) is 13.5. The minimum absolute atomic E-state index is 0.0116. The lowest BCUT2D eigenvalue weighted by atomic mass is 10.0. The number of aliphatic hydroxyl groups is 1. The molecule has 0 unspecified atom stereocenters. The number of aromatic carboxylic acids is 1. The molecule has 0 aromatic heterocycles. The number of hydrogen-bond acceptors (Lipinski definition) is 3. The van der Waals surface area contributed by atoms with E-state index in [1.807, 2.05) is 48.5 Å². The molecule has 0 aliphatic rings. The number of carbonyl (C=O) groups excluding carboxylic acids is 1. The third-order valence-electron chi connectivity index (χ3n) is 4.25. The molecular weight excluding hydrogens is 378 g/mol. The Kier molecular flexibility index (Phi) is 6.09. The molecule has 3 aromatic rings. The maximum Gasteiger partial charge on any atom is 0.337 e. The van der Waals surface area contributed by atoms with E-state index in [2.05, 4.69) is 5.32 Å². The van der Waals surface area contributed by atoms with Gasteiger partial charge in [0.1, 0.15) is 0 Å². The average Bonchev–Trinajstić information content (AvgIpc) is 2.68. The van der Waals surface area contributed by atoms with Crippen molar-refractivity contribution in [1.29, 1.82) is 0 Å². The lowest BCUT2D eigenvalue weighted by Crippen LogP contribution is -2.16. The van der Waals surface area contributed by atoms with Crippen LogP contribution in [0.2, 0.25) is 5.02 Å². The molecule has 3 rings (SSSR count). The molecule has 3 aromatic carbocycles. The van der Waals surface area contributed by atoms with Crippen LogP contribution in [0.15, 0.2) is 66.7 Å². The van der Waals surface area contributed by atoms with Gasteiger partial charge in [-0.3, -0.25) is 4.79 Å². The number of benzene rings is 3. The van der Waals surface area contributed by atoms with Crippen LogP contribution in [-0.4, -0.2) is 22.1 Å². The van der Waals surface area contributed by atoms with Gasteiger partial charge in [0.15, 0.2) is 0 Å². The summed E-state index contributed by atoms with van der Waals surface area (Å²) in [6.45, 7) is -0.0116. The van der Waals surface area contributed by atoms with Gasteiger partial charge in [0.05, 0.1) is 24.3 Å². The summed E-state index contributed by atoms with van der Waals surface area (Å²) in [6, 6.07) is 19.3. The van der Waals surface area contributed by atoms with Crippen LogP contribution < -0.4 is 5.32 Å². The SMILES string of the molecule is O=C(Cc1cccc(-c2ccc(CO)cc2)c1)Nc1cc(Cl)ccc1C(=O)O. The quantitative estimate of drug-likeness (QED) is 0.578. The zero-order valence-electron chi connectivity index (χ0n) is 14.9. The molecule has 142 valence electrons. The maximum atomic E-state index is 12.4. The summed E-state index contributed by atoms with van der Waals surface area (Å²) in [7, 11) is 0. The van der Waals surface area contributed by atoms with Gasteiger partial charge >= 0.3 is 5.97 Å². The highest BCUT2D eigenvalue weighted by Crippen LogP contribution is 2.23. The molecule has 5 nitrogen and oxygen atoms in total. The Bertz CT molecular complexity index is 1020. The van der Waals surface area contributed by atoms with E-state index in [0.29, 0.717) is 5.02 Å². The number of carboxylic acid groups (broad SMARTS) is 1. The second-order valence-corrected chi connectivity index (χ2v) is 6.71. The molecule has 1 amide bonds. The Morgan fingerprint density at radius 3 is 2.32 bits per heavy atom. The summed E-state index contributed by atoms with van der Waals surface area (Å²) in [5, 5.41) is 21.4. The van der Waals surface area contributed by atoms with Gasteiger partial charge in [-0.15, -0.1) is 0 Å². The Morgan fingerprint density at radius 2 is 1.64 bits per heavy atom. The summed E-state index contributed by atoms with van der Waals surface area (Å²) in [4.78, 5) is 23.7. The molecule has 0 heterocycles. The first-order valence-corrected chi connectivity index (χ1v) is 8.96. The van der Waals surface area contributed by atoms with Gasteiger partial charge in [0.2, 0.25) is 5.91 Å². The van der Waals surface area contributed by atoms with E-state index < -0.39 is 5.97 Å². The number of halogens is 1. The van der Waals surface area contributed by atoms with E-state index in [9.17, 15) is 14.7 Å². The second-order valence-electron chi connectivity index (χ2n) is 6.28. The van der Waals surface area contributed by atoms with E-state index in [1.54, 1.807) is 0 Å². The summed E-state index contributed by atoms with van der Waals surface area (Å²) < 4.78 is 0. The van der Waals surface area contributed by atoms with Crippen LogP contribution >= 0.6 is 11.6 Å². The van der Waals surface area contributed by atoms with Crippen LogP contribution in [0.4, 0.5) is 5.69 Å². The number of amides is 1. The molecular formula is C22H18ClNO4. The molecule has 0 aliphatic heterocycles. The van der Waals surface area contributed by atoms with Crippen molar-refractivity contribution in [1.82, 2.24) is 0 Å². The van der Waals surface area contributed by atoms with E-state index in [0.717, 1.165) is 22.3 Å². The van der Waals surface area contributed by atoms with E-state index >= 15 is 0 Å². The van der Waals surface area contributed by atoms with Gasteiger partial charge < -0.3 is 15.5 Å². The largest absolute Gasteiger partial charge is 0.478 e. The van der Waals surface area contributed by atoms with Gasteiger partial charge in [-0.05, 0) is 40.5 Å². The minimum Gasteiger partial charge on any atom is -0.478 e. The fourth-order valence-electron chi connectivity index (χ4n) is 2.85. The summed E-state index contributed by atoms with van der Waals surface area (Å²) in [5.41, 5.74) is 3.69. The average molecular weight is 396 g/mol. The number of carboxylic acids is 1. The molecule has 0 bridgehead atoms. The number of hydrogen-bond donors (Lipinski definition) is 3. The highest BCUT2D eigenvalue weighted by molar-refractivity contribution is 6.31. The van der Waals surface area contributed by atoms with Gasteiger partial charge in [0, 0.05) is 5.02 Å². The first-order valence-electron chi connectivity index (χ1n) is 8.58. The zero-order valence-corrected chi connectivity index (χ0v) is 15.6. The molecule has 0 radical (unpaired) electrons. The third kappa shape index (κ3) is 4.76. The zero-order chi connectivity index (χ0) is 20.1. The van der Waals surface area contributed by atoms with Crippen molar-refractivity contribution in [2.45, 2.75) is 13.0 Å². The van der Waals surface area contributed by atoms with Gasteiger partial charge in [-0.1, -0.05) is 60.1 Å². The molecule has 6 heteroatoms. The molecule has 0 aliphatic carbocycles. The van der Waals surface area contributed by atoms with Gasteiger partial charge in [0.25, 0.3) is 0 Å². The highest BCUT2D eigenvalue weighted by Gasteiger charge is 2.13. The predicted molar refractivity (Wildman–Crippen MR) is 109 cm³/mol. The van der Waals surface area contributed by atoms with Crippen LogP contribution in [0, 0.1) is 0 Å². The van der Waals surface area contributed by atoms with Gasteiger partial charge in [-0.25, -0.2) is 4.79 Å². The molecule has 0 saturated carbocycles. The number of nitrogens with one attached hydrogen (secondary N) is 1. The topological polar surface area (TPSA) is 86.6 Å². The Morgan fingerprint density at radius 1 is 0.893 bits per heavy atom. The molecule has 0 atom stereocenters. The fraction of sp³-hybridized carbons (Fsp3) is 0.0909. The third-order valence-corrected chi connectivity index (χ3v) is 4.48. The molecule has 0 saturated heterocycles. The maximum absolute atomic E-state index is 12.4. The summed E-state index contributed by atoms with van der Waals surface area (Å²) in [5.74, 6) is -1.47. The van der Waals surface area contributed by atoms with E-state index in [-0.39, 0.29) is 30.2 Å². The Hall–Kier alpha value is -3.15. The van der Waals surface area contributed by atoms with Crippen LogP contribution in [0.5, 0.6) is 0 Å². The normalized spacial score (nSPS) is 10.5. The number of rotatable bonds is 6. The minimum atomic E-state index is -1.14. The number of aliphatic hydroxyl groups excluding tert-OH is 1. The van der Waals surface area contributed by atoms with Crippen molar-refractivity contribution >= 4 is 29.2 Å². The van der Waals surface area contributed by atoms with Crippen molar-refractivity contribution in [3.05, 3.63) is 88.4 Å². The van der Waals surface area contributed by atoms with Crippen LogP contribution in [0.25, 0.3) is 11.1 Å². The monoisotopic (exact) mass is 395 g/mol. The lowest BCUT2D eigenvalue weighted by molar-refractivity contribution is -0.115. The highest BCUT2D eigenvalue weighted by atomic mass is 35.5.